The molecule has 0 aromatic heterocycles. The van der Waals surface area contributed by atoms with E-state index < -0.39 is 17.0 Å². The molecule has 1 aliphatic heterocycles. The molecule has 1 saturated heterocycles. The van der Waals surface area contributed by atoms with Gasteiger partial charge in [-0.15, -0.1) is 11.8 Å². The van der Waals surface area contributed by atoms with E-state index in [9.17, 15) is 13.6 Å². The maximum absolute atomic E-state index is 14.2. The summed E-state index contributed by atoms with van der Waals surface area (Å²) in [5.41, 5.74) is 0.923. The Bertz CT molecular complexity index is 959. The highest BCUT2D eigenvalue weighted by Crippen LogP contribution is 2.40. The van der Waals surface area contributed by atoms with Crippen molar-refractivity contribution in [3.8, 4) is 0 Å². The van der Waals surface area contributed by atoms with Crippen molar-refractivity contribution >= 4 is 28.4 Å². The van der Waals surface area contributed by atoms with Crippen molar-refractivity contribution in [3.05, 3.63) is 83.4 Å². The van der Waals surface area contributed by atoms with Gasteiger partial charge < -0.3 is 4.90 Å². The first kappa shape index (κ1) is 16.1. The predicted molar refractivity (Wildman–Crippen MR) is 96.5 cm³/mol. The van der Waals surface area contributed by atoms with Gasteiger partial charge in [0.2, 0.25) is 0 Å². The van der Waals surface area contributed by atoms with Crippen LogP contribution in [0.15, 0.2) is 60.7 Å². The Kier molecular flexibility index (Phi) is 4.17. The summed E-state index contributed by atoms with van der Waals surface area (Å²) in [4.78, 5) is 14.6. The van der Waals surface area contributed by atoms with Crippen LogP contribution in [0.25, 0.3) is 10.8 Å². The maximum Gasteiger partial charge on any atom is 0.255 e. The summed E-state index contributed by atoms with van der Waals surface area (Å²) in [6, 6.07) is 16.9. The maximum atomic E-state index is 14.2. The fourth-order valence-electron chi connectivity index (χ4n) is 3.13. The van der Waals surface area contributed by atoms with Crippen LogP contribution < -0.4 is 0 Å². The lowest BCUT2D eigenvalue weighted by molar-refractivity contribution is 0.0759. The van der Waals surface area contributed by atoms with Gasteiger partial charge in [0, 0.05) is 29.5 Å². The van der Waals surface area contributed by atoms with E-state index in [4.69, 9.17) is 0 Å². The van der Waals surface area contributed by atoms with Crippen LogP contribution in [-0.4, -0.2) is 23.1 Å². The van der Waals surface area contributed by atoms with Crippen molar-refractivity contribution in [3.63, 3.8) is 0 Å². The Balaban J connectivity index is 1.67. The molecule has 2 nitrogen and oxygen atoms in total. The van der Waals surface area contributed by atoms with E-state index in [0.717, 1.165) is 22.6 Å². The Morgan fingerprint density at radius 3 is 2.60 bits per heavy atom. The molecule has 1 aliphatic rings. The summed E-state index contributed by atoms with van der Waals surface area (Å²) < 4.78 is 27.3. The molecule has 0 spiro atoms. The van der Waals surface area contributed by atoms with Crippen molar-refractivity contribution in [2.24, 2.45) is 0 Å². The molecule has 0 aliphatic carbocycles. The monoisotopic (exact) mass is 355 g/mol. The number of carbonyl (C=O) groups is 1. The third kappa shape index (κ3) is 3.00. The first-order chi connectivity index (χ1) is 12.1. The molecule has 1 fully saturated rings. The molecule has 1 heterocycles. The lowest BCUT2D eigenvalue weighted by Crippen LogP contribution is -2.30. The molecule has 0 N–H and O–H groups in total. The number of carbonyl (C=O) groups excluding carboxylic acids is 1. The molecule has 1 amide bonds. The minimum absolute atomic E-state index is 0.135. The van der Waals surface area contributed by atoms with Gasteiger partial charge in [-0.2, -0.15) is 0 Å². The number of nitrogens with zero attached hydrogens (tertiary/aromatic N) is 1. The van der Waals surface area contributed by atoms with Gasteiger partial charge in [0.05, 0.1) is 0 Å². The number of benzene rings is 3. The summed E-state index contributed by atoms with van der Waals surface area (Å²) >= 11 is 1.49. The zero-order chi connectivity index (χ0) is 17.4. The summed E-state index contributed by atoms with van der Waals surface area (Å²) in [6.07, 6.45) is 0. The molecule has 0 radical (unpaired) electrons. The second kappa shape index (κ2) is 6.48. The van der Waals surface area contributed by atoms with Gasteiger partial charge in [0.15, 0.2) is 0 Å². The van der Waals surface area contributed by atoms with E-state index in [1.165, 1.54) is 23.9 Å². The minimum atomic E-state index is -0.615. The number of fused-ring (bicyclic) bond motifs is 1. The van der Waals surface area contributed by atoms with Crippen LogP contribution in [0.4, 0.5) is 8.78 Å². The zero-order valence-electron chi connectivity index (χ0n) is 13.3. The molecule has 3 aromatic rings. The van der Waals surface area contributed by atoms with E-state index in [2.05, 4.69) is 0 Å². The lowest BCUT2D eigenvalue weighted by atomic mass is 10.1. The van der Waals surface area contributed by atoms with E-state index in [1.54, 1.807) is 11.0 Å². The third-order valence-corrected chi connectivity index (χ3v) is 5.62. The summed E-state index contributed by atoms with van der Waals surface area (Å²) in [5.74, 6) is -0.641. The van der Waals surface area contributed by atoms with Crippen LogP contribution in [0, 0.1) is 11.6 Å². The number of rotatable bonds is 2. The van der Waals surface area contributed by atoms with E-state index in [1.807, 2.05) is 36.4 Å². The van der Waals surface area contributed by atoms with E-state index in [-0.39, 0.29) is 5.91 Å². The van der Waals surface area contributed by atoms with Crippen molar-refractivity contribution < 1.29 is 13.6 Å². The molecule has 1 unspecified atom stereocenters. The average Bonchev–Trinajstić information content (AvgIpc) is 3.10. The molecule has 1 atom stereocenters. The summed E-state index contributed by atoms with van der Waals surface area (Å²) in [6.45, 7) is 0.539. The van der Waals surface area contributed by atoms with Crippen LogP contribution in [-0.2, 0) is 0 Å². The first-order valence-electron chi connectivity index (χ1n) is 8.00. The van der Waals surface area contributed by atoms with Gasteiger partial charge in [-0.05, 0) is 29.0 Å². The largest absolute Gasteiger partial charge is 0.322 e. The van der Waals surface area contributed by atoms with Gasteiger partial charge in [-0.1, -0.05) is 36.4 Å². The quantitative estimate of drug-likeness (QED) is 0.644. The fraction of sp³-hybridized carbons (Fsp3) is 0.150. The van der Waals surface area contributed by atoms with Crippen molar-refractivity contribution in [2.75, 3.05) is 12.3 Å². The smallest absolute Gasteiger partial charge is 0.255 e. The van der Waals surface area contributed by atoms with Crippen molar-refractivity contribution in [1.29, 1.82) is 0 Å². The number of halogens is 2. The van der Waals surface area contributed by atoms with Crippen LogP contribution >= 0.6 is 11.8 Å². The first-order valence-corrected chi connectivity index (χ1v) is 9.05. The van der Waals surface area contributed by atoms with Crippen LogP contribution in [0.1, 0.15) is 21.3 Å². The van der Waals surface area contributed by atoms with E-state index in [0.29, 0.717) is 17.7 Å². The Morgan fingerprint density at radius 1 is 1.00 bits per heavy atom. The van der Waals surface area contributed by atoms with Gasteiger partial charge in [-0.25, -0.2) is 8.78 Å². The van der Waals surface area contributed by atoms with Gasteiger partial charge >= 0.3 is 0 Å². The van der Waals surface area contributed by atoms with Crippen LogP contribution in [0.2, 0.25) is 0 Å². The fourth-order valence-corrected chi connectivity index (χ4v) is 4.40. The topological polar surface area (TPSA) is 20.3 Å². The molecule has 0 saturated carbocycles. The summed E-state index contributed by atoms with van der Waals surface area (Å²) in [7, 11) is 0. The third-order valence-electron chi connectivity index (χ3n) is 4.38. The van der Waals surface area contributed by atoms with Gasteiger partial charge in [0.1, 0.15) is 17.0 Å². The summed E-state index contributed by atoms with van der Waals surface area (Å²) in [5, 5.41) is 1.63. The Morgan fingerprint density at radius 2 is 1.80 bits per heavy atom. The molecule has 25 heavy (non-hydrogen) atoms. The SMILES string of the molecule is O=C(c1ccc2ccccc2c1)N1CCSC1c1ccc(F)cc1F. The van der Waals surface area contributed by atoms with Crippen molar-refractivity contribution in [1.82, 2.24) is 4.90 Å². The van der Waals surface area contributed by atoms with Crippen LogP contribution in [0.3, 0.4) is 0 Å². The number of amides is 1. The second-order valence-electron chi connectivity index (χ2n) is 5.95. The second-order valence-corrected chi connectivity index (χ2v) is 7.14. The highest BCUT2D eigenvalue weighted by atomic mass is 32.2. The molecule has 126 valence electrons. The molecular formula is C20H15F2NOS. The molecule has 3 aromatic carbocycles. The normalized spacial score (nSPS) is 17.2. The Hall–Kier alpha value is -2.40. The average molecular weight is 355 g/mol. The number of thioether (sulfide) groups is 1. The van der Waals surface area contributed by atoms with Crippen LogP contribution in [0.5, 0.6) is 0 Å². The van der Waals surface area contributed by atoms with Gasteiger partial charge in [0.25, 0.3) is 5.91 Å². The highest BCUT2D eigenvalue weighted by Gasteiger charge is 2.33. The minimum Gasteiger partial charge on any atom is -0.322 e. The molecule has 4 rings (SSSR count). The highest BCUT2D eigenvalue weighted by molar-refractivity contribution is 7.99. The predicted octanol–water partition coefficient (Wildman–Crippen LogP) is 5.01. The zero-order valence-corrected chi connectivity index (χ0v) is 14.1. The van der Waals surface area contributed by atoms with Crippen molar-refractivity contribution in [2.45, 2.75) is 5.37 Å². The Labute approximate surface area is 148 Å². The standard InChI is InChI=1S/C20H15F2NOS/c21-16-7-8-17(18(22)12-16)20-23(9-10-25-20)19(24)15-6-5-13-3-1-2-4-14(13)11-15/h1-8,11-12,20H,9-10H2. The van der Waals surface area contributed by atoms with Gasteiger partial charge in [-0.3, -0.25) is 4.79 Å². The molecule has 5 heteroatoms. The lowest BCUT2D eigenvalue weighted by Gasteiger charge is -2.24. The molecule has 0 bridgehead atoms. The number of hydrogen-bond acceptors (Lipinski definition) is 2. The van der Waals surface area contributed by atoms with E-state index >= 15 is 0 Å². The number of hydrogen-bond donors (Lipinski definition) is 0. The molecular weight excluding hydrogens is 340 g/mol.